The number of nitrogens with one attached hydrogen (secondary N) is 1. The van der Waals surface area contributed by atoms with Crippen LogP contribution in [-0.2, 0) is 0 Å². The molecule has 0 atom stereocenters. The summed E-state index contributed by atoms with van der Waals surface area (Å²) in [5, 5.41) is 4.22. The Kier molecular flexibility index (Phi) is 1.73. The smallest absolute Gasteiger partial charge is 0.325 e. The molecule has 0 radical (unpaired) electrons. The van der Waals surface area contributed by atoms with Crippen molar-refractivity contribution in [1.82, 2.24) is 9.62 Å². The van der Waals surface area contributed by atoms with Crippen LogP contribution in [0.15, 0.2) is 22.8 Å². The van der Waals surface area contributed by atoms with E-state index >= 15 is 0 Å². The van der Waals surface area contributed by atoms with Crippen molar-refractivity contribution in [3.05, 3.63) is 22.8 Å². The number of carbonyl (C=O) groups excluding carboxylic acids is 1. The summed E-state index contributed by atoms with van der Waals surface area (Å²) in [6, 6.07) is -0.385. The second-order valence-corrected chi connectivity index (χ2v) is 3.64. The molecule has 2 amide bonds. The first-order valence-electron chi connectivity index (χ1n) is 3.66. The molecule has 0 spiro atoms. The Morgan fingerprint density at radius 1 is 1.75 bits per heavy atom. The molecule has 0 saturated heterocycles. The number of primary amides is 1. The van der Waals surface area contributed by atoms with Crippen LogP contribution < -0.4 is 11.1 Å². The molecule has 4 nitrogen and oxygen atoms in total. The average Bonchev–Trinajstić information content (AvgIpc) is 2.46. The van der Waals surface area contributed by atoms with E-state index in [4.69, 9.17) is 5.73 Å². The average molecular weight is 183 g/mol. The SMILES string of the molecule is NC(=O)N1CC2=C(NCC=C2)S1. The molecule has 2 aliphatic rings. The highest BCUT2D eigenvalue weighted by Crippen LogP contribution is 2.32. The quantitative estimate of drug-likeness (QED) is 0.534. The number of amides is 2. The van der Waals surface area contributed by atoms with Gasteiger partial charge in [-0.15, -0.1) is 0 Å². The molecule has 2 aliphatic heterocycles. The zero-order valence-corrected chi connectivity index (χ0v) is 7.23. The summed E-state index contributed by atoms with van der Waals surface area (Å²) >= 11 is 1.38. The predicted octanol–water partition coefficient (Wildman–Crippen LogP) is 0.400. The van der Waals surface area contributed by atoms with Gasteiger partial charge in [0.1, 0.15) is 0 Å². The number of nitrogens with zero attached hydrogens (tertiary/aromatic N) is 1. The van der Waals surface area contributed by atoms with Gasteiger partial charge in [0, 0.05) is 24.1 Å². The maximum atomic E-state index is 10.8. The van der Waals surface area contributed by atoms with Crippen LogP contribution in [0.5, 0.6) is 0 Å². The molecule has 2 rings (SSSR count). The Balaban J connectivity index is 2.12. The van der Waals surface area contributed by atoms with E-state index < -0.39 is 0 Å². The Labute approximate surface area is 74.6 Å². The maximum Gasteiger partial charge on any atom is 0.325 e. The van der Waals surface area contributed by atoms with Gasteiger partial charge in [-0.1, -0.05) is 12.2 Å². The third kappa shape index (κ3) is 1.16. The van der Waals surface area contributed by atoms with Gasteiger partial charge in [0.2, 0.25) is 0 Å². The fraction of sp³-hybridized carbons (Fsp3) is 0.286. The van der Waals surface area contributed by atoms with Crippen molar-refractivity contribution in [2.24, 2.45) is 5.73 Å². The molecule has 5 heteroatoms. The first-order valence-corrected chi connectivity index (χ1v) is 4.43. The van der Waals surface area contributed by atoms with Gasteiger partial charge in [-0.3, -0.25) is 4.31 Å². The number of urea groups is 1. The van der Waals surface area contributed by atoms with E-state index in [1.54, 1.807) is 0 Å². The number of hydrogen-bond acceptors (Lipinski definition) is 3. The molecule has 0 aromatic heterocycles. The van der Waals surface area contributed by atoms with E-state index in [1.165, 1.54) is 16.3 Å². The fourth-order valence-corrected chi connectivity index (χ4v) is 2.09. The number of dihydropyridines is 1. The Morgan fingerprint density at radius 2 is 2.58 bits per heavy atom. The molecular formula is C7H9N3OS. The molecular weight excluding hydrogens is 174 g/mol. The van der Waals surface area contributed by atoms with E-state index in [2.05, 4.69) is 5.32 Å². The fourth-order valence-electron chi connectivity index (χ4n) is 1.18. The van der Waals surface area contributed by atoms with Crippen molar-refractivity contribution < 1.29 is 4.79 Å². The van der Waals surface area contributed by atoms with Crippen LogP contribution in [0.1, 0.15) is 0 Å². The largest absolute Gasteiger partial charge is 0.375 e. The van der Waals surface area contributed by atoms with Crippen molar-refractivity contribution in [3.8, 4) is 0 Å². The lowest BCUT2D eigenvalue weighted by Gasteiger charge is -2.10. The molecule has 0 fully saturated rings. The van der Waals surface area contributed by atoms with Crippen molar-refractivity contribution >= 4 is 18.0 Å². The minimum Gasteiger partial charge on any atom is -0.375 e. The zero-order valence-electron chi connectivity index (χ0n) is 6.41. The third-order valence-electron chi connectivity index (χ3n) is 1.75. The highest BCUT2D eigenvalue weighted by Gasteiger charge is 2.25. The van der Waals surface area contributed by atoms with Gasteiger partial charge in [0.15, 0.2) is 0 Å². The number of rotatable bonds is 0. The Bertz CT molecular complexity index is 284. The summed E-state index contributed by atoms with van der Waals surface area (Å²) < 4.78 is 1.54. The van der Waals surface area contributed by atoms with E-state index in [9.17, 15) is 4.79 Å². The van der Waals surface area contributed by atoms with Crippen LogP contribution in [0.2, 0.25) is 0 Å². The Morgan fingerprint density at radius 3 is 3.25 bits per heavy atom. The second-order valence-electron chi connectivity index (χ2n) is 2.60. The summed E-state index contributed by atoms with van der Waals surface area (Å²) in [7, 11) is 0. The van der Waals surface area contributed by atoms with Gasteiger partial charge in [-0.05, 0) is 0 Å². The normalized spacial score (nSPS) is 20.8. The van der Waals surface area contributed by atoms with Gasteiger partial charge in [0.05, 0.1) is 11.6 Å². The van der Waals surface area contributed by atoms with E-state index in [1.807, 2.05) is 12.2 Å². The van der Waals surface area contributed by atoms with Crippen LogP contribution in [0.3, 0.4) is 0 Å². The molecule has 0 aromatic carbocycles. The maximum absolute atomic E-state index is 10.8. The molecule has 12 heavy (non-hydrogen) atoms. The number of hydrogen-bond donors (Lipinski definition) is 2. The predicted molar refractivity (Wildman–Crippen MR) is 48.0 cm³/mol. The summed E-state index contributed by atoms with van der Waals surface area (Å²) in [5.74, 6) is 0. The standard InChI is InChI=1S/C7H9N3OS/c8-7(11)10-4-5-2-1-3-9-6(5)12-10/h1-2,9H,3-4H2,(H2,8,11). The molecule has 0 aliphatic carbocycles. The van der Waals surface area contributed by atoms with Crippen molar-refractivity contribution in [2.45, 2.75) is 0 Å². The minimum atomic E-state index is -0.385. The lowest BCUT2D eigenvalue weighted by molar-refractivity contribution is 0.237. The topological polar surface area (TPSA) is 58.4 Å². The molecule has 2 heterocycles. The van der Waals surface area contributed by atoms with E-state index in [-0.39, 0.29) is 6.03 Å². The van der Waals surface area contributed by atoms with Crippen LogP contribution in [-0.4, -0.2) is 23.4 Å². The van der Waals surface area contributed by atoms with Crippen LogP contribution in [0.25, 0.3) is 0 Å². The van der Waals surface area contributed by atoms with Crippen molar-refractivity contribution in [2.75, 3.05) is 13.1 Å². The first kappa shape index (κ1) is 7.54. The third-order valence-corrected chi connectivity index (χ3v) is 2.87. The van der Waals surface area contributed by atoms with E-state index in [0.717, 1.165) is 17.1 Å². The van der Waals surface area contributed by atoms with E-state index in [0.29, 0.717) is 6.54 Å². The second kappa shape index (κ2) is 2.75. The monoisotopic (exact) mass is 183 g/mol. The van der Waals surface area contributed by atoms with Crippen LogP contribution in [0.4, 0.5) is 4.79 Å². The summed E-state index contributed by atoms with van der Waals surface area (Å²) in [4.78, 5) is 10.8. The number of carbonyl (C=O) groups is 1. The zero-order chi connectivity index (χ0) is 8.55. The van der Waals surface area contributed by atoms with Crippen LogP contribution >= 0.6 is 11.9 Å². The molecule has 0 saturated carbocycles. The van der Waals surface area contributed by atoms with Gasteiger partial charge < -0.3 is 11.1 Å². The lowest BCUT2D eigenvalue weighted by Crippen LogP contribution is -2.28. The molecule has 64 valence electrons. The van der Waals surface area contributed by atoms with Crippen molar-refractivity contribution in [1.29, 1.82) is 0 Å². The first-order chi connectivity index (χ1) is 5.77. The van der Waals surface area contributed by atoms with Gasteiger partial charge >= 0.3 is 6.03 Å². The summed E-state index contributed by atoms with van der Waals surface area (Å²) in [6.45, 7) is 1.44. The highest BCUT2D eigenvalue weighted by molar-refractivity contribution is 8.01. The van der Waals surface area contributed by atoms with Gasteiger partial charge in [0.25, 0.3) is 0 Å². The van der Waals surface area contributed by atoms with Gasteiger partial charge in [-0.25, -0.2) is 4.79 Å². The van der Waals surface area contributed by atoms with Crippen LogP contribution in [0, 0.1) is 0 Å². The minimum absolute atomic E-state index is 0.385. The summed E-state index contributed by atoms with van der Waals surface area (Å²) in [5.41, 5.74) is 6.28. The van der Waals surface area contributed by atoms with Gasteiger partial charge in [-0.2, -0.15) is 0 Å². The van der Waals surface area contributed by atoms with Crippen molar-refractivity contribution in [3.63, 3.8) is 0 Å². The molecule has 3 N–H and O–H groups in total. The Hall–Kier alpha value is -1.10. The number of nitrogens with two attached hydrogens (primary N) is 1. The lowest BCUT2D eigenvalue weighted by atomic mass is 10.2. The molecule has 0 unspecified atom stereocenters. The summed E-state index contributed by atoms with van der Waals surface area (Å²) in [6.07, 6.45) is 4.06. The molecule has 0 aromatic rings. The molecule has 0 bridgehead atoms. The highest BCUT2D eigenvalue weighted by atomic mass is 32.2.